The molecule has 4 heteroatoms. The van der Waals surface area contributed by atoms with Crippen molar-refractivity contribution in [2.45, 2.75) is 36.7 Å². The van der Waals surface area contributed by atoms with Crippen molar-refractivity contribution in [3.05, 3.63) is 29.8 Å². The van der Waals surface area contributed by atoms with Gasteiger partial charge >= 0.3 is 0 Å². The lowest BCUT2D eigenvalue weighted by atomic mass is 9.84. The van der Waals surface area contributed by atoms with Crippen LogP contribution in [-0.2, 0) is 11.3 Å². The first kappa shape index (κ1) is 14.0. The molecule has 20 heavy (non-hydrogen) atoms. The predicted molar refractivity (Wildman–Crippen MR) is 82.4 cm³/mol. The molecule has 3 nitrogen and oxygen atoms in total. The van der Waals surface area contributed by atoms with Crippen LogP contribution in [0.15, 0.2) is 29.2 Å². The lowest BCUT2D eigenvalue weighted by Crippen LogP contribution is -2.45. The molecule has 0 heterocycles. The van der Waals surface area contributed by atoms with Crippen molar-refractivity contribution < 1.29 is 4.79 Å². The van der Waals surface area contributed by atoms with Crippen LogP contribution >= 0.6 is 11.8 Å². The summed E-state index contributed by atoms with van der Waals surface area (Å²) in [6.45, 7) is 0.605. The van der Waals surface area contributed by atoms with Gasteiger partial charge in [0.2, 0.25) is 5.91 Å². The minimum absolute atomic E-state index is 0.0409. The molecule has 4 atom stereocenters. The molecule has 1 amide bonds. The van der Waals surface area contributed by atoms with E-state index in [-0.39, 0.29) is 17.9 Å². The van der Waals surface area contributed by atoms with Gasteiger partial charge in [-0.3, -0.25) is 4.79 Å². The monoisotopic (exact) mass is 290 g/mol. The minimum Gasteiger partial charge on any atom is -0.352 e. The van der Waals surface area contributed by atoms with E-state index in [4.69, 9.17) is 5.73 Å². The number of nitrogens with one attached hydrogen (secondary N) is 1. The zero-order chi connectivity index (χ0) is 14.1. The summed E-state index contributed by atoms with van der Waals surface area (Å²) in [4.78, 5) is 13.6. The largest absolute Gasteiger partial charge is 0.352 e. The molecular weight excluding hydrogens is 268 g/mol. The quantitative estimate of drug-likeness (QED) is 0.837. The third-order valence-electron chi connectivity index (χ3n) is 4.91. The highest BCUT2D eigenvalue weighted by Gasteiger charge is 2.48. The van der Waals surface area contributed by atoms with Crippen LogP contribution in [0.2, 0.25) is 0 Å². The van der Waals surface area contributed by atoms with Crippen molar-refractivity contribution in [1.82, 2.24) is 5.32 Å². The van der Waals surface area contributed by atoms with Gasteiger partial charge in [-0.1, -0.05) is 12.1 Å². The average molecular weight is 290 g/mol. The standard InChI is InChI=1S/C16H22N2OS/c1-20-13-6-2-10(3-7-13)9-18-16(19)14-11-4-5-12(8-11)15(14)17/h2-3,6-7,11-12,14-15H,4-5,8-9,17H2,1H3,(H,18,19). The third kappa shape index (κ3) is 2.59. The van der Waals surface area contributed by atoms with Crippen LogP contribution in [0.1, 0.15) is 24.8 Å². The van der Waals surface area contributed by atoms with E-state index in [1.54, 1.807) is 11.8 Å². The number of carbonyl (C=O) groups excluding carboxylic acids is 1. The molecule has 0 radical (unpaired) electrons. The van der Waals surface area contributed by atoms with Crippen molar-refractivity contribution in [3.8, 4) is 0 Å². The molecule has 0 spiro atoms. The Hall–Kier alpha value is -1.00. The Morgan fingerprint density at radius 1 is 1.30 bits per heavy atom. The first-order valence-electron chi connectivity index (χ1n) is 7.35. The smallest absolute Gasteiger partial charge is 0.225 e. The summed E-state index contributed by atoms with van der Waals surface area (Å²) in [6.07, 6.45) is 5.61. The fourth-order valence-electron chi connectivity index (χ4n) is 3.78. The van der Waals surface area contributed by atoms with Gasteiger partial charge in [-0.25, -0.2) is 0 Å². The number of benzene rings is 1. The van der Waals surface area contributed by atoms with E-state index in [2.05, 4.69) is 35.8 Å². The van der Waals surface area contributed by atoms with Gasteiger partial charge in [-0.2, -0.15) is 0 Å². The van der Waals surface area contributed by atoms with Crippen molar-refractivity contribution >= 4 is 17.7 Å². The van der Waals surface area contributed by atoms with E-state index in [0.29, 0.717) is 18.4 Å². The molecule has 3 rings (SSSR count). The number of thioether (sulfide) groups is 1. The fourth-order valence-corrected chi connectivity index (χ4v) is 4.18. The van der Waals surface area contributed by atoms with Crippen LogP contribution in [0.25, 0.3) is 0 Å². The van der Waals surface area contributed by atoms with Crippen LogP contribution in [0.5, 0.6) is 0 Å². The Morgan fingerprint density at radius 2 is 2.00 bits per heavy atom. The molecule has 1 aromatic rings. The lowest BCUT2D eigenvalue weighted by molar-refractivity contribution is -0.127. The summed E-state index contributed by atoms with van der Waals surface area (Å²) in [5, 5.41) is 3.07. The van der Waals surface area contributed by atoms with E-state index in [9.17, 15) is 4.79 Å². The van der Waals surface area contributed by atoms with Crippen LogP contribution in [0.4, 0.5) is 0 Å². The normalized spacial score (nSPS) is 31.5. The number of nitrogens with two attached hydrogens (primary N) is 1. The van der Waals surface area contributed by atoms with Gasteiger partial charge in [0.15, 0.2) is 0 Å². The molecule has 4 unspecified atom stereocenters. The molecule has 2 saturated carbocycles. The maximum atomic E-state index is 12.3. The van der Waals surface area contributed by atoms with Crippen molar-refractivity contribution in [3.63, 3.8) is 0 Å². The van der Waals surface area contributed by atoms with Crippen molar-refractivity contribution in [1.29, 1.82) is 0 Å². The Labute approximate surface area is 124 Å². The second-order valence-corrected chi connectivity index (χ2v) is 6.88. The Morgan fingerprint density at radius 3 is 2.60 bits per heavy atom. The SMILES string of the molecule is CSc1ccc(CNC(=O)C2C3CCC(C3)C2N)cc1. The lowest BCUT2D eigenvalue weighted by Gasteiger charge is -2.27. The van der Waals surface area contributed by atoms with Gasteiger partial charge in [0.1, 0.15) is 0 Å². The van der Waals surface area contributed by atoms with Gasteiger partial charge < -0.3 is 11.1 Å². The van der Waals surface area contributed by atoms with Gasteiger partial charge in [0.05, 0.1) is 5.92 Å². The second-order valence-electron chi connectivity index (χ2n) is 6.00. The summed E-state index contributed by atoms with van der Waals surface area (Å²) < 4.78 is 0. The maximum absolute atomic E-state index is 12.3. The number of amides is 1. The zero-order valence-electron chi connectivity index (χ0n) is 11.8. The fraction of sp³-hybridized carbons (Fsp3) is 0.562. The van der Waals surface area contributed by atoms with Crippen molar-refractivity contribution in [2.24, 2.45) is 23.5 Å². The number of rotatable bonds is 4. The molecule has 0 aliphatic heterocycles. The summed E-state index contributed by atoms with van der Waals surface area (Å²) in [5.74, 6) is 1.29. The average Bonchev–Trinajstić information content (AvgIpc) is 3.06. The topological polar surface area (TPSA) is 55.1 Å². The Bertz CT molecular complexity index is 486. The number of hydrogen-bond donors (Lipinski definition) is 2. The van der Waals surface area contributed by atoms with Gasteiger partial charge in [-0.15, -0.1) is 11.8 Å². The molecular formula is C16H22N2OS. The molecule has 108 valence electrons. The van der Waals surface area contributed by atoms with E-state index in [1.807, 2.05) is 0 Å². The van der Waals surface area contributed by atoms with E-state index in [0.717, 1.165) is 12.0 Å². The van der Waals surface area contributed by atoms with Gasteiger partial charge in [0.25, 0.3) is 0 Å². The first-order valence-corrected chi connectivity index (χ1v) is 8.57. The Kier molecular flexibility index (Phi) is 4.03. The molecule has 2 fully saturated rings. The van der Waals surface area contributed by atoms with E-state index >= 15 is 0 Å². The second kappa shape index (κ2) is 5.78. The summed E-state index contributed by atoms with van der Waals surface area (Å²) >= 11 is 1.73. The highest BCUT2D eigenvalue weighted by molar-refractivity contribution is 7.98. The zero-order valence-corrected chi connectivity index (χ0v) is 12.7. The molecule has 2 aliphatic carbocycles. The van der Waals surface area contributed by atoms with Crippen LogP contribution in [0, 0.1) is 17.8 Å². The van der Waals surface area contributed by atoms with Gasteiger partial charge in [-0.05, 0) is 55.1 Å². The molecule has 0 aromatic heterocycles. The summed E-state index contributed by atoms with van der Waals surface area (Å²) in [5.41, 5.74) is 7.35. The summed E-state index contributed by atoms with van der Waals surface area (Å²) in [6, 6.07) is 8.41. The molecule has 1 aromatic carbocycles. The van der Waals surface area contributed by atoms with Gasteiger partial charge in [0, 0.05) is 17.5 Å². The molecule has 0 saturated heterocycles. The number of carbonyl (C=O) groups is 1. The van der Waals surface area contributed by atoms with Crippen LogP contribution in [0.3, 0.4) is 0 Å². The Balaban J connectivity index is 1.56. The predicted octanol–water partition coefficient (Wildman–Crippen LogP) is 2.40. The van der Waals surface area contributed by atoms with Crippen LogP contribution < -0.4 is 11.1 Å². The molecule has 2 aliphatic rings. The summed E-state index contributed by atoms with van der Waals surface area (Å²) in [7, 11) is 0. The minimum atomic E-state index is 0.0409. The first-order chi connectivity index (χ1) is 9.69. The highest BCUT2D eigenvalue weighted by atomic mass is 32.2. The van der Waals surface area contributed by atoms with Crippen LogP contribution in [-0.4, -0.2) is 18.2 Å². The molecule has 2 bridgehead atoms. The molecule has 3 N–H and O–H groups in total. The van der Waals surface area contributed by atoms with E-state index < -0.39 is 0 Å². The number of hydrogen-bond acceptors (Lipinski definition) is 3. The van der Waals surface area contributed by atoms with Crippen molar-refractivity contribution in [2.75, 3.05) is 6.26 Å². The number of fused-ring (bicyclic) bond motifs is 2. The third-order valence-corrected chi connectivity index (χ3v) is 5.65. The highest BCUT2D eigenvalue weighted by Crippen LogP contribution is 2.47. The van der Waals surface area contributed by atoms with E-state index in [1.165, 1.54) is 17.7 Å². The maximum Gasteiger partial charge on any atom is 0.225 e.